The minimum Gasteiger partial charge on any atom is -0.367 e. The zero-order valence-electron chi connectivity index (χ0n) is 12.2. The third kappa shape index (κ3) is 2.79. The van der Waals surface area contributed by atoms with Crippen molar-refractivity contribution in [3.05, 3.63) is 29.8 Å². The van der Waals surface area contributed by atoms with Gasteiger partial charge in [-0.2, -0.15) is 0 Å². The maximum atomic E-state index is 3.64. The molecule has 2 nitrogen and oxygen atoms in total. The van der Waals surface area contributed by atoms with Crippen LogP contribution in [0.25, 0.3) is 0 Å². The van der Waals surface area contributed by atoms with Gasteiger partial charge in [-0.15, -0.1) is 0 Å². The zero-order valence-corrected chi connectivity index (χ0v) is 12.2. The largest absolute Gasteiger partial charge is 0.367 e. The predicted molar refractivity (Wildman–Crippen MR) is 81.5 cm³/mol. The fraction of sp³-hybridized carbons (Fsp3) is 0.647. The highest BCUT2D eigenvalue weighted by Crippen LogP contribution is 2.33. The monoisotopic (exact) mass is 258 g/mol. The first-order valence-electron chi connectivity index (χ1n) is 7.82. The van der Waals surface area contributed by atoms with Gasteiger partial charge in [0.2, 0.25) is 0 Å². The zero-order chi connectivity index (χ0) is 13.2. The molecule has 3 unspecified atom stereocenters. The van der Waals surface area contributed by atoms with Crippen molar-refractivity contribution in [2.75, 3.05) is 11.4 Å². The molecule has 3 atom stereocenters. The number of fused-ring (bicyclic) bond motifs is 1. The minimum atomic E-state index is 0.574. The first-order valence-corrected chi connectivity index (χ1v) is 7.82. The maximum Gasteiger partial charge on any atom is 0.0414 e. The Morgan fingerprint density at radius 2 is 2.00 bits per heavy atom. The van der Waals surface area contributed by atoms with Crippen LogP contribution in [0, 0.1) is 5.92 Å². The topological polar surface area (TPSA) is 15.3 Å². The molecule has 2 aliphatic rings. The number of benzene rings is 1. The standard InChI is InChI=1S/C17H26N2/c1-13-6-5-8-16(10-13)19-12-14(2)18-11-15-7-3-4-9-17(15)19/h3-4,7,9,13-14,16,18H,5-6,8,10-12H2,1-2H3. The average molecular weight is 258 g/mol. The quantitative estimate of drug-likeness (QED) is 0.828. The van der Waals surface area contributed by atoms with Crippen molar-refractivity contribution in [3.63, 3.8) is 0 Å². The van der Waals surface area contributed by atoms with E-state index in [1.165, 1.54) is 36.9 Å². The van der Waals surface area contributed by atoms with Gasteiger partial charge < -0.3 is 10.2 Å². The number of hydrogen-bond donors (Lipinski definition) is 1. The lowest BCUT2D eigenvalue weighted by Crippen LogP contribution is -2.44. The smallest absolute Gasteiger partial charge is 0.0414 e. The van der Waals surface area contributed by atoms with Gasteiger partial charge in [-0.05, 0) is 37.3 Å². The highest BCUT2D eigenvalue weighted by molar-refractivity contribution is 5.55. The van der Waals surface area contributed by atoms with Crippen LogP contribution in [0.2, 0.25) is 0 Å². The summed E-state index contributed by atoms with van der Waals surface area (Å²) >= 11 is 0. The minimum absolute atomic E-state index is 0.574. The van der Waals surface area contributed by atoms with Gasteiger partial charge in [0.15, 0.2) is 0 Å². The van der Waals surface area contributed by atoms with Crippen molar-refractivity contribution in [2.45, 2.75) is 58.2 Å². The second-order valence-corrected chi connectivity index (χ2v) is 6.49. The molecule has 0 aromatic heterocycles. The summed E-state index contributed by atoms with van der Waals surface area (Å²) in [4.78, 5) is 2.69. The van der Waals surface area contributed by atoms with E-state index in [2.05, 4.69) is 48.3 Å². The molecule has 1 aliphatic carbocycles. The molecular formula is C17H26N2. The van der Waals surface area contributed by atoms with E-state index in [0.717, 1.165) is 25.0 Å². The van der Waals surface area contributed by atoms with Gasteiger partial charge in [0.05, 0.1) is 0 Å². The predicted octanol–water partition coefficient (Wildman–Crippen LogP) is 3.56. The van der Waals surface area contributed by atoms with Gasteiger partial charge in [-0.25, -0.2) is 0 Å². The molecule has 2 heteroatoms. The summed E-state index contributed by atoms with van der Waals surface area (Å²) in [5.41, 5.74) is 2.93. The molecule has 104 valence electrons. The van der Waals surface area contributed by atoms with Crippen molar-refractivity contribution < 1.29 is 0 Å². The maximum absolute atomic E-state index is 3.64. The Kier molecular flexibility index (Phi) is 3.79. The highest BCUT2D eigenvalue weighted by atomic mass is 15.2. The van der Waals surface area contributed by atoms with Crippen LogP contribution in [0.15, 0.2) is 24.3 Å². The molecule has 0 saturated heterocycles. The summed E-state index contributed by atoms with van der Waals surface area (Å²) in [6.45, 7) is 6.88. The van der Waals surface area contributed by atoms with Crippen molar-refractivity contribution >= 4 is 5.69 Å². The molecule has 19 heavy (non-hydrogen) atoms. The molecule has 1 aliphatic heterocycles. The molecule has 1 aromatic carbocycles. The highest BCUT2D eigenvalue weighted by Gasteiger charge is 2.28. The number of nitrogens with one attached hydrogen (secondary N) is 1. The average Bonchev–Trinajstić information content (AvgIpc) is 2.59. The number of para-hydroxylation sites is 1. The first kappa shape index (κ1) is 13.0. The van der Waals surface area contributed by atoms with E-state index in [-0.39, 0.29) is 0 Å². The Hall–Kier alpha value is -1.02. The van der Waals surface area contributed by atoms with E-state index in [1.54, 1.807) is 0 Å². The van der Waals surface area contributed by atoms with Crippen LogP contribution in [0.5, 0.6) is 0 Å². The molecule has 1 heterocycles. The van der Waals surface area contributed by atoms with E-state index in [1.807, 2.05) is 0 Å². The van der Waals surface area contributed by atoms with Gasteiger partial charge in [0.1, 0.15) is 0 Å². The van der Waals surface area contributed by atoms with E-state index in [9.17, 15) is 0 Å². The molecule has 1 saturated carbocycles. The molecule has 0 radical (unpaired) electrons. The van der Waals surface area contributed by atoms with Crippen molar-refractivity contribution in [1.82, 2.24) is 5.32 Å². The summed E-state index contributed by atoms with van der Waals surface area (Å²) in [5.74, 6) is 0.887. The molecule has 1 N–H and O–H groups in total. The Labute approximate surface area is 117 Å². The SMILES string of the molecule is CC1CCCC(N2CC(C)NCc3ccccc32)C1. The molecule has 1 aromatic rings. The Bertz CT molecular complexity index is 429. The fourth-order valence-corrected chi connectivity index (χ4v) is 3.71. The van der Waals surface area contributed by atoms with Crippen LogP contribution in [0.4, 0.5) is 5.69 Å². The summed E-state index contributed by atoms with van der Waals surface area (Å²) in [6, 6.07) is 10.3. The van der Waals surface area contributed by atoms with E-state index in [0.29, 0.717) is 6.04 Å². The van der Waals surface area contributed by atoms with E-state index in [4.69, 9.17) is 0 Å². The second kappa shape index (κ2) is 5.54. The van der Waals surface area contributed by atoms with Crippen LogP contribution in [0.3, 0.4) is 0 Å². The number of hydrogen-bond acceptors (Lipinski definition) is 2. The lowest BCUT2D eigenvalue weighted by atomic mass is 9.85. The lowest BCUT2D eigenvalue weighted by Gasteiger charge is -2.39. The van der Waals surface area contributed by atoms with Gasteiger partial charge in [0.25, 0.3) is 0 Å². The summed E-state index contributed by atoms with van der Waals surface area (Å²) in [7, 11) is 0. The van der Waals surface area contributed by atoms with Crippen LogP contribution in [0.1, 0.15) is 45.1 Å². The van der Waals surface area contributed by atoms with Crippen LogP contribution >= 0.6 is 0 Å². The molecule has 0 bridgehead atoms. The lowest BCUT2D eigenvalue weighted by molar-refractivity contribution is 0.325. The van der Waals surface area contributed by atoms with Gasteiger partial charge in [0, 0.05) is 30.9 Å². The summed E-state index contributed by atoms with van der Waals surface area (Å²) in [6.07, 6.45) is 5.54. The summed E-state index contributed by atoms with van der Waals surface area (Å²) in [5, 5.41) is 3.64. The number of rotatable bonds is 1. The molecule has 1 fully saturated rings. The third-order valence-corrected chi connectivity index (χ3v) is 4.76. The molecular weight excluding hydrogens is 232 g/mol. The fourth-order valence-electron chi connectivity index (χ4n) is 3.71. The molecule has 0 amide bonds. The van der Waals surface area contributed by atoms with Crippen LogP contribution < -0.4 is 10.2 Å². The molecule has 0 spiro atoms. The summed E-state index contributed by atoms with van der Waals surface area (Å²) < 4.78 is 0. The van der Waals surface area contributed by atoms with Crippen LogP contribution in [-0.2, 0) is 6.54 Å². The van der Waals surface area contributed by atoms with Gasteiger partial charge in [-0.3, -0.25) is 0 Å². The normalized spacial score (nSPS) is 31.7. The Morgan fingerprint density at radius 1 is 1.16 bits per heavy atom. The Morgan fingerprint density at radius 3 is 2.84 bits per heavy atom. The van der Waals surface area contributed by atoms with Gasteiger partial charge >= 0.3 is 0 Å². The van der Waals surface area contributed by atoms with Crippen molar-refractivity contribution in [1.29, 1.82) is 0 Å². The van der Waals surface area contributed by atoms with Crippen molar-refractivity contribution in [2.24, 2.45) is 5.92 Å². The van der Waals surface area contributed by atoms with Crippen molar-refractivity contribution in [3.8, 4) is 0 Å². The van der Waals surface area contributed by atoms with E-state index >= 15 is 0 Å². The van der Waals surface area contributed by atoms with E-state index < -0.39 is 0 Å². The number of nitrogens with zero attached hydrogens (tertiary/aromatic N) is 1. The van der Waals surface area contributed by atoms with Crippen LogP contribution in [-0.4, -0.2) is 18.6 Å². The first-order chi connectivity index (χ1) is 9.24. The third-order valence-electron chi connectivity index (χ3n) is 4.76. The number of anilines is 1. The Balaban J connectivity index is 1.89. The second-order valence-electron chi connectivity index (χ2n) is 6.49. The molecule has 3 rings (SSSR count). The van der Waals surface area contributed by atoms with Gasteiger partial charge in [-0.1, -0.05) is 38.0 Å².